The highest BCUT2D eigenvalue weighted by molar-refractivity contribution is 5.83. The Kier molecular flexibility index (Phi) is 4.32. The van der Waals surface area contributed by atoms with Gasteiger partial charge in [0.1, 0.15) is 0 Å². The van der Waals surface area contributed by atoms with Gasteiger partial charge >= 0.3 is 6.16 Å². The van der Waals surface area contributed by atoms with Crippen molar-refractivity contribution in [3.63, 3.8) is 0 Å². The van der Waals surface area contributed by atoms with Crippen LogP contribution in [0.1, 0.15) is 17.3 Å². The lowest BCUT2D eigenvalue weighted by Gasteiger charge is -2.10. The van der Waals surface area contributed by atoms with Gasteiger partial charge in [0.15, 0.2) is 17.8 Å². The van der Waals surface area contributed by atoms with Crippen molar-refractivity contribution in [3.8, 4) is 11.5 Å². The first kappa shape index (κ1) is 12.0. The highest BCUT2D eigenvalue weighted by atomic mass is 16.7. The zero-order valence-corrected chi connectivity index (χ0v) is 9.06. The van der Waals surface area contributed by atoms with Crippen molar-refractivity contribution in [2.24, 2.45) is 0 Å². The summed E-state index contributed by atoms with van der Waals surface area (Å²) < 4.78 is 14.5. The van der Waals surface area contributed by atoms with E-state index in [0.717, 1.165) is 0 Å². The molecule has 0 aliphatic carbocycles. The SMILES string of the molecule is CCOC(=O)Oc1c(C=O)cccc1OC. The molecule has 1 aromatic rings. The van der Waals surface area contributed by atoms with Crippen LogP contribution in [0.15, 0.2) is 18.2 Å². The Morgan fingerprint density at radius 2 is 2.19 bits per heavy atom. The summed E-state index contributed by atoms with van der Waals surface area (Å²) in [6.45, 7) is 1.86. The van der Waals surface area contributed by atoms with E-state index >= 15 is 0 Å². The second-order valence-corrected chi connectivity index (χ2v) is 2.78. The molecule has 16 heavy (non-hydrogen) atoms. The molecule has 0 heterocycles. The molecule has 0 saturated heterocycles. The molecule has 0 amide bonds. The third kappa shape index (κ3) is 2.73. The predicted molar refractivity (Wildman–Crippen MR) is 56.0 cm³/mol. The van der Waals surface area contributed by atoms with E-state index in [-0.39, 0.29) is 17.9 Å². The Balaban J connectivity index is 2.99. The average Bonchev–Trinajstić information content (AvgIpc) is 2.29. The van der Waals surface area contributed by atoms with Crippen molar-refractivity contribution in [1.29, 1.82) is 0 Å². The van der Waals surface area contributed by atoms with Gasteiger partial charge in [0.05, 0.1) is 19.3 Å². The third-order valence-corrected chi connectivity index (χ3v) is 1.80. The monoisotopic (exact) mass is 224 g/mol. The van der Waals surface area contributed by atoms with E-state index in [0.29, 0.717) is 12.0 Å². The molecule has 5 heteroatoms. The van der Waals surface area contributed by atoms with Gasteiger partial charge in [-0.3, -0.25) is 4.79 Å². The summed E-state index contributed by atoms with van der Waals surface area (Å²) >= 11 is 0. The molecule has 0 radical (unpaired) electrons. The minimum atomic E-state index is -0.866. The Morgan fingerprint density at radius 3 is 2.75 bits per heavy atom. The minimum absolute atomic E-state index is 0.0680. The number of carbonyl (C=O) groups is 2. The minimum Gasteiger partial charge on any atom is -0.493 e. The molecule has 0 N–H and O–H groups in total. The number of para-hydroxylation sites is 1. The molecule has 0 aliphatic heterocycles. The van der Waals surface area contributed by atoms with E-state index in [1.165, 1.54) is 13.2 Å². The van der Waals surface area contributed by atoms with E-state index in [9.17, 15) is 9.59 Å². The van der Waals surface area contributed by atoms with Crippen LogP contribution in [0.4, 0.5) is 4.79 Å². The van der Waals surface area contributed by atoms with Crippen molar-refractivity contribution in [3.05, 3.63) is 23.8 Å². The molecule has 0 aliphatic rings. The fraction of sp³-hybridized carbons (Fsp3) is 0.273. The van der Waals surface area contributed by atoms with Gasteiger partial charge in [0.2, 0.25) is 0 Å². The maximum absolute atomic E-state index is 11.1. The first-order valence-electron chi connectivity index (χ1n) is 4.69. The number of hydrogen-bond acceptors (Lipinski definition) is 5. The average molecular weight is 224 g/mol. The Morgan fingerprint density at radius 1 is 1.44 bits per heavy atom. The smallest absolute Gasteiger partial charge is 0.493 e. The molecule has 0 fully saturated rings. The summed E-state index contributed by atoms with van der Waals surface area (Å²) in [5, 5.41) is 0. The van der Waals surface area contributed by atoms with Crippen LogP contribution in [0.3, 0.4) is 0 Å². The standard InChI is InChI=1S/C11H12O5/c1-3-15-11(13)16-10-8(7-12)5-4-6-9(10)14-2/h4-7H,3H2,1-2H3. The lowest BCUT2D eigenvalue weighted by Crippen LogP contribution is -2.12. The largest absolute Gasteiger partial charge is 0.513 e. The molecule has 1 aromatic carbocycles. The van der Waals surface area contributed by atoms with Crippen LogP contribution in [-0.4, -0.2) is 26.2 Å². The maximum atomic E-state index is 11.1. The molecule has 0 atom stereocenters. The van der Waals surface area contributed by atoms with Crippen molar-refractivity contribution < 1.29 is 23.8 Å². The van der Waals surface area contributed by atoms with Gasteiger partial charge in [-0.15, -0.1) is 0 Å². The zero-order valence-electron chi connectivity index (χ0n) is 9.06. The highest BCUT2D eigenvalue weighted by Gasteiger charge is 2.14. The lowest BCUT2D eigenvalue weighted by atomic mass is 10.2. The summed E-state index contributed by atoms with van der Waals surface area (Å²) in [4.78, 5) is 21.9. The van der Waals surface area contributed by atoms with Gasteiger partial charge in [-0.05, 0) is 19.1 Å². The highest BCUT2D eigenvalue weighted by Crippen LogP contribution is 2.30. The van der Waals surface area contributed by atoms with Gasteiger partial charge in [-0.25, -0.2) is 4.79 Å². The van der Waals surface area contributed by atoms with E-state index < -0.39 is 6.16 Å². The fourth-order valence-corrected chi connectivity index (χ4v) is 1.13. The summed E-state index contributed by atoms with van der Waals surface area (Å²) in [7, 11) is 1.42. The van der Waals surface area contributed by atoms with E-state index in [1.807, 2.05) is 0 Å². The summed E-state index contributed by atoms with van der Waals surface area (Å²) in [5.74, 6) is 0.371. The zero-order chi connectivity index (χ0) is 12.0. The number of benzene rings is 1. The molecule has 0 spiro atoms. The summed E-state index contributed by atoms with van der Waals surface area (Å²) in [6.07, 6.45) is -0.285. The number of rotatable bonds is 4. The van der Waals surface area contributed by atoms with Crippen LogP contribution in [-0.2, 0) is 4.74 Å². The van der Waals surface area contributed by atoms with Crippen molar-refractivity contribution in [2.75, 3.05) is 13.7 Å². The van der Waals surface area contributed by atoms with Crippen molar-refractivity contribution >= 4 is 12.4 Å². The normalized spacial score (nSPS) is 9.38. The molecule has 0 unspecified atom stereocenters. The van der Waals surface area contributed by atoms with Crippen molar-refractivity contribution in [2.45, 2.75) is 6.92 Å². The Hall–Kier alpha value is -2.04. The number of carbonyl (C=O) groups excluding carboxylic acids is 2. The van der Waals surface area contributed by atoms with E-state index in [2.05, 4.69) is 4.74 Å². The van der Waals surface area contributed by atoms with Gasteiger partial charge in [0, 0.05) is 0 Å². The van der Waals surface area contributed by atoms with Gasteiger partial charge in [-0.2, -0.15) is 0 Å². The van der Waals surface area contributed by atoms with Gasteiger partial charge < -0.3 is 14.2 Å². The third-order valence-electron chi connectivity index (χ3n) is 1.80. The van der Waals surface area contributed by atoms with Crippen molar-refractivity contribution in [1.82, 2.24) is 0 Å². The molecule has 86 valence electrons. The number of ether oxygens (including phenoxy) is 3. The molecule has 5 nitrogen and oxygen atoms in total. The van der Waals surface area contributed by atoms with Gasteiger partial charge in [0.25, 0.3) is 0 Å². The number of hydrogen-bond donors (Lipinski definition) is 0. The second-order valence-electron chi connectivity index (χ2n) is 2.78. The van der Waals surface area contributed by atoms with Crippen LogP contribution in [0.2, 0.25) is 0 Å². The lowest BCUT2D eigenvalue weighted by molar-refractivity contribution is 0.102. The summed E-state index contributed by atoms with van der Waals surface area (Å²) in [5.41, 5.74) is 0.229. The summed E-state index contributed by atoms with van der Waals surface area (Å²) in [6, 6.07) is 4.73. The molecule has 1 rings (SSSR count). The maximum Gasteiger partial charge on any atom is 0.513 e. The molecular weight excluding hydrogens is 212 g/mol. The Labute approximate surface area is 92.9 Å². The predicted octanol–water partition coefficient (Wildman–Crippen LogP) is 2.04. The molecule has 0 bridgehead atoms. The second kappa shape index (κ2) is 5.75. The van der Waals surface area contributed by atoms with Crippen LogP contribution >= 0.6 is 0 Å². The van der Waals surface area contributed by atoms with Crippen LogP contribution in [0, 0.1) is 0 Å². The topological polar surface area (TPSA) is 61.8 Å². The van der Waals surface area contributed by atoms with E-state index in [1.54, 1.807) is 19.1 Å². The van der Waals surface area contributed by atoms with Crippen LogP contribution in [0.25, 0.3) is 0 Å². The molecule has 0 aromatic heterocycles. The van der Waals surface area contributed by atoms with E-state index in [4.69, 9.17) is 9.47 Å². The molecule has 0 saturated carbocycles. The first-order valence-corrected chi connectivity index (χ1v) is 4.69. The van der Waals surface area contributed by atoms with Crippen LogP contribution < -0.4 is 9.47 Å². The fourth-order valence-electron chi connectivity index (χ4n) is 1.13. The molecular formula is C11H12O5. The van der Waals surface area contributed by atoms with Gasteiger partial charge in [-0.1, -0.05) is 6.07 Å². The number of aldehydes is 1. The van der Waals surface area contributed by atoms with Crippen LogP contribution in [0.5, 0.6) is 11.5 Å². The Bertz CT molecular complexity index is 386. The number of methoxy groups -OCH3 is 1. The quantitative estimate of drug-likeness (QED) is 0.445. The first-order chi connectivity index (χ1) is 7.72.